The van der Waals surface area contributed by atoms with E-state index in [4.69, 9.17) is 37.9 Å². The van der Waals surface area contributed by atoms with Crippen LogP contribution in [0.5, 0.6) is 0 Å². The van der Waals surface area contributed by atoms with Gasteiger partial charge in [-0.3, -0.25) is 0 Å². The van der Waals surface area contributed by atoms with Crippen molar-refractivity contribution in [1.82, 2.24) is 0 Å². The van der Waals surface area contributed by atoms with Gasteiger partial charge in [0, 0.05) is 27.9 Å². The third-order valence-corrected chi connectivity index (χ3v) is 6.84. The maximum Gasteiger partial charge on any atom is 0.333 e. The van der Waals surface area contributed by atoms with Crippen molar-refractivity contribution < 1.29 is 77.2 Å². The van der Waals surface area contributed by atoms with Crippen molar-refractivity contribution in [2.45, 2.75) is 89.4 Å². The fraction of sp³-hybridized carbons (Fsp3) is 0.531. The molecule has 2 heterocycles. The van der Waals surface area contributed by atoms with Gasteiger partial charge in [0.2, 0.25) is 12.1 Å². The molecule has 16 nitrogen and oxygen atoms in total. The minimum atomic E-state index is -2.59. The van der Waals surface area contributed by atoms with Gasteiger partial charge in [-0.25, -0.2) is 24.0 Å². The average molecular weight is 683 g/mol. The molecule has 0 radical (unpaired) electrons. The third kappa shape index (κ3) is 9.68. The molecular formula is C32H42O16. The van der Waals surface area contributed by atoms with Gasteiger partial charge in [-0.15, -0.1) is 0 Å². The highest BCUT2D eigenvalue weighted by Gasteiger charge is 2.64. The van der Waals surface area contributed by atoms with Gasteiger partial charge in [0.05, 0.1) is 6.61 Å². The number of hydrogen-bond donors (Lipinski definition) is 3. The average Bonchev–Trinajstić information content (AvgIpc) is 3.28. The van der Waals surface area contributed by atoms with Crippen molar-refractivity contribution in [1.29, 1.82) is 0 Å². The Balaban J connectivity index is 2.81. The number of ether oxygens (including phenoxy) is 8. The van der Waals surface area contributed by atoms with Gasteiger partial charge in [-0.05, 0) is 34.6 Å². The Morgan fingerprint density at radius 3 is 1.58 bits per heavy atom. The lowest BCUT2D eigenvalue weighted by Gasteiger charge is -2.44. The molecule has 2 aliphatic rings. The van der Waals surface area contributed by atoms with Crippen molar-refractivity contribution >= 4 is 29.8 Å². The fourth-order valence-electron chi connectivity index (χ4n) is 4.21. The normalized spacial score (nSPS) is 29.5. The zero-order valence-electron chi connectivity index (χ0n) is 27.4. The molecule has 2 rings (SSSR count). The summed E-state index contributed by atoms with van der Waals surface area (Å²) in [6.07, 6.45) is -14.3. The lowest BCUT2D eigenvalue weighted by molar-refractivity contribution is -0.383. The van der Waals surface area contributed by atoms with Crippen LogP contribution in [-0.4, -0.2) is 120 Å². The zero-order valence-corrected chi connectivity index (χ0v) is 27.4. The lowest BCUT2D eigenvalue weighted by atomic mass is 9.98. The second-order valence-electron chi connectivity index (χ2n) is 11.4. The maximum absolute atomic E-state index is 13.0. The number of rotatable bonds is 15. The number of hydrogen-bond acceptors (Lipinski definition) is 16. The molecular weight excluding hydrogens is 640 g/mol. The molecule has 48 heavy (non-hydrogen) atoms. The van der Waals surface area contributed by atoms with Crippen LogP contribution in [0.2, 0.25) is 0 Å². The van der Waals surface area contributed by atoms with Crippen LogP contribution in [0.4, 0.5) is 0 Å². The molecule has 0 amide bonds. The molecule has 9 atom stereocenters. The summed E-state index contributed by atoms with van der Waals surface area (Å²) < 4.78 is 45.1. The van der Waals surface area contributed by atoms with E-state index in [1.165, 1.54) is 34.6 Å². The van der Waals surface area contributed by atoms with E-state index in [0.29, 0.717) is 0 Å². The van der Waals surface area contributed by atoms with Crippen LogP contribution in [0.3, 0.4) is 0 Å². The molecule has 16 heteroatoms. The number of carbonyl (C=O) groups excluding carboxylic acids is 5. The quantitative estimate of drug-likeness (QED) is 0.120. The fourth-order valence-corrected chi connectivity index (χ4v) is 4.21. The topological polar surface area (TPSA) is 220 Å². The summed E-state index contributed by atoms with van der Waals surface area (Å²) >= 11 is 0. The van der Waals surface area contributed by atoms with Crippen LogP contribution in [0, 0.1) is 0 Å². The second-order valence-corrected chi connectivity index (χ2v) is 11.4. The molecule has 2 aliphatic heterocycles. The SMILES string of the molecule is C=C(C)C(=O)OC[C@H]1O[C@@](COC(=O)C(=C)C)(O[C@H]2O[C@H](CO)[C@@H](O)[C@H](O)[C@H]2OC(=O)C(=C)C)[C@@H](OC(=O)C(=C)C)[C@@H]1OC(=O)C(=C)C. The lowest BCUT2D eigenvalue weighted by Crippen LogP contribution is -2.64. The van der Waals surface area contributed by atoms with E-state index in [-0.39, 0.29) is 27.9 Å². The van der Waals surface area contributed by atoms with Gasteiger partial charge in [-0.1, -0.05) is 32.9 Å². The molecule has 0 aliphatic carbocycles. The van der Waals surface area contributed by atoms with Gasteiger partial charge in [0.1, 0.15) is 37.6 Å². The van der Waals surface area contributed by atoms with E-state index in [2.05, 4.69) is 32.9 Å². The molecule has 2 fully saturated rings. The van der Waals surface area contributed by atoms with Gasteiger partial charge in [0.15, 0.2) is 18.3 Å². The third-order valence-electron chi connectivity index (χ3n) is 6.84. The first-order chi connectivity index (χ1) is 22.3. The van der Waals surface area contributed by atoms with Crippen LogP contribution < -0.4 is 0 Å². The highest BCUT2D eigenvalue weighted by atomic mass is 16.8. The van der Waals surface area contributed by atoms with Crippen LogP contribution in [0.1, 0.15) is 34.6 Å². The minimum Gasteiger partial charge on any atom is -0.459 e. The van der Waals surface area contributed by atoms with E-state index < -0.39 is 104 Å². The first kappa shape index (κ1) is 40.0. The van der Waals surface area contributed by atoms with Crippen molar-refractivity contribution in [3.63, 3.8) is 0 Å². The summed E-state index contributed by atoms with van der Waals surface area (Å²) in [5, 5.41) is 31.4. The molecule has 0 aromatic heterocycles. The van der Waals surface area contributed by atoms with Crippen molar-refractivity contribution in [3.05, 3.63) is 60.8 Å². The second kappa shape index (κ2) is 16.8. The summed E-state index contributed by atoms with van der Waals surface area (Å²) in [5.41, 5.74) is -0.466. The van der Waals surface area contributed by atoms with E-state index in [1.54, 1.807) is 0 Å². The summed E-state index contributed by atoms with van der Waals surface area (Å²) in [4.78, 5) is 63.4. The molecule has 3 N–H and O–H groups in total. The van der Waals surface area contributed by atoms with E-state index in [9.17, 15) is 39.3 Å². The minimum absolute atomic E-state index is 0.00740. The van der Waals surface area contributed by atoms with Crippen LogP contribution in [-0.2, 0) is 61.9 Å². The highest BCUT2D eigenvalue weighted by molar-refractivity contribution is 5.89. The van der Waals surface area contributed by atoms with Gasteiger partial charge in [-0.2, -0.15) is 0 Å². The summed E-state index contributed by atoms with van der Waals surface area (Å²) in [6.45, 7) is 21.6. The molecule has 0 unspecified atom stereocenters. The predicted molar refractivity (Wildman–Crippen MR) is 162 cm³/mol. The summed E-state index contributed by atoms with van der Waals surface area (Å²) in [7, 11) is 0. The number of carbonyl (C=O) groups is 5. The standard InChI is InChI=1S/C32H42O16/c1-14(2)26(36)41-12-20-23(44-28(38)16(5)6)25(46-30(40)18(9)10)32(47-20,13-42-27(37)15(3)4)48-31-24(45-29(39)17(7)8)22(35)21(34)19(11-33)43-31/h19-25,31,33-35H,1,3,5,7,9,11-13H2,2,4,6,8,10H3/t19-,20-,21-,22+,23-,24-,25+,31-,32+/m1/s1. The monoisotopic (exact) mass is 682 g/mol. The Kier molecular flexibility index (Phi) is 14.0. The highest BCUT2D eigenvalue weighted by Crippen LogP contribution is 2.41. The number of esters is 5. The molecule has 266 valence electrons. The van der Waals surface area contributed by atoms with Crippen LogP contribution >= 0.6 is 0 Å². The van der Waals surface area contributed by atoms with Crippen molar-refractivity contribution in [2.75, 3.05) is 19.8 Å². The predicted octanol–water partition coefficient (Wildman–Crippen LogP) is 0.239. The van der Waals surface area contributed by atoms with Gasteiger partial charge in [0.25, 0.3) is 0 Å². The van der Waals surface area contributed by atoms with Crippen molar-refractivity contribution in [3.8, 4) is 0 Å². The molecule has 0 aromatic carbocycles. The molecule has 0 spiro atoms. The maximum atomic E-state index is 13.0. The Bertz CT molecular complexity index is 1350. The Morgan fingerprint density at radius 2 is 1.10 bits per heavy atom. The molecule has 0 aromatic rings. The van der Waals surface area contributed by atoms with E-state index in [1.807, 2.05) is 0 Å². The van der Waals surface area contributed by atoms with Gasteiger partial charge < -0.3 is 53.2 Å². The first-order valence-electron chi connectivity index (χ1n) is 14.5. The van der Waals surface area contributed by atoms with E-state index >= 15 is 0 Å². The van der Waals surface area contributed by atoms with Gasteiger partial charge >= 0.3 is 29.8 Å². The Hall–Kier alpha value is -4.19. The van der Waals surface area contributed by atoms with Crippen LogP contribution in [0.25, 0.3) is 0 Å². The summed E-state index contributed by atoms with van der Waals surface area (Å²) in [6, 6.07) is 0. The van der Waals surface area contributed by atoms with Crippen molar-refractivity contribution in [2.24, 2.45) is 0 Å². The Labute approximate surface area is 277 Å². The molecule has 0 saturated carbocycles. The number of aliphatic hydroxyl groups is 3. The van der Waals surface area contributed by atoms with E-state index in [0.717, 1.165) is 0 Å². The van der Waals surface area contributed by atoms with Crippen LogP contribution in [0.15, 0.2) is 60.8 Å². The largest absolute Gasteiger partial charge is 0.459 e. The molecule has 0 bridgehead atoms. The first-order valence-corrected chi connectivity index (χ1v) is 14.5. The summed E-state index contributed by atoms with van der Waals surface area (Å²) in [5.74, 6) is -7.58. The smallest absolute Gasteiger partial charge is 0.333 e. The molecule has 2 saturated heterocycles. The number of aliphatic hydroxyl groups excluding tert-OH is 3. The Morgan fingerprint density at radius 1 is 0.646 bits per heavy atom. The zero-order chi connectivity index (χ0) is 36.7.